The fraction of sp³-hybridized carbons (Fsp3) is 0.750. The third-order valence-electron chi connectivity index (χ3n) is 3.84. The van der Waals surface area contributed by atoms with Crippen molar-refractivity contribution in [3.63, 3.8) is 0 Å². The average molecular weight is 293 g/mol. The van der Waals surface area contributed by atoms with Gasteiger partial charge in [0.1, 0.15) is 11.4 Å². The lowest BCUT2D eigenvalue weighted by molar-refractivity contribution is 0.0178. The van der Waals surface area contributed by atoms with Crippen molar-refractivity contribution in [2.75, 3.05) is 13.1 Å². The highest BCUT2D eigenvalue weighted by Gasteiger charge is 2.27. The maximum Gasteiger partial charge on any atom is 0.410 e. The number of carbonyl (C=O) groups excluding carboxylic acids is 1. The second-order valence-electron chi connectivity index (χ2n) is 6.76. The molecule has 0 spiro atoms. The van der Waals surface area contributed by atoms with Gasteiger partial charge < -0.3 is 14.2 Å². The van der Waals surface area contributed by atoms with Gasteiger partial charge >= 0.3 is 6.09 Å². The molecule has 1 aliphatic rings. The van der Waals surface area contributed by atoms with Crippen molar-refractivity contribution in [3.05, 3.63) is 18.2 Å². The topological polar surface area (TPSA) is 47.4 Å². The van der Waals surface area contributed by atoms with Crippen LogP contribution in [0.2, 0.25) is 0 Å². The van der Waals surface area contributed by atoms with Gasteiger partial charge in [-0.05, 0) is 39.5 Å². The van der Waals surface area contributed by atoms with E-state index in [-0.39, 0.29) is 6.09 Å². The van der Waals surface area contributed by atoms with Crippen molar-refractivity contribution in [3.8, 4) is 0 Å². The van der Waals surface area contributed by atoms with Crippen LogP contribution in [0.3, 0.4) is 0 Å². The number of likely N-dealkylation sites (tertiary alicyclic amines) is 1. The summed E-state index contributed by atoms with van der Waals surface area (Å²) in [4.78, 5) is 18.2. The number of hydrogen-bond acceptors (Lipinski definition) is 3. The number of aryl methyl sites for hydroxylation is 1. The van der Waals surface area contributed by atoms with Gasteiger partial charge in [0, 0.05) is 38.4 Å². The molecule has 1 aliphatic heterocycles. The van der Waals surface area contributed by atoms with Crippen molar-refractivity contribution in [2.45, 2.75) is 59.1 Å². The third kappa shape index (κ3) is 4.48. The van der Waals surface area contributed by atoms with E-state index in [9.17, 15) is 4.79 Å². The quantitative estimate of drug-likeness (QED) is 0.860. The Morgan fingerprint density at radius 2 is 2.05 bits per heavy atom. The molecule has 1 amide bonds. The van der Waals surface area contributed by atoms with E-state index in [1.165, 1.54) is 0 Å². The second kappa shape index (κ2) is 6.50. The molecular weight excluding hydrogens is 266 g/mol. The fourth-order valence-corrected chi connectivity index (χ4v) is 2.72. The maximum absolute atomic E-state index is 12.0. The normalized spacial score (nSPS) is 17.0. The molecule has 5 heteroatoms. The van der Waals surface area contributed by atoms with Gasteiger partial charge in [-0.15, -0.1) is 0 Å². The Kier molecular flexibility index (Phi) is 4.91. The fourth-order valence-electron chi connectivity index (χ4n) is 2.72. The highest BCUT2D eigenvalue weighted by Crippen LogP contribution is 2.21. The Bertz CT molecular complexity index is 468. The van der Waals surface area contributed by atoms with Crippen molar-refractivity contribution in [1.29, 1.82) is 0 Å². The molecule has 0 unspecified atom stereocenters. The first-order valence-electron chi connectivity index (χ1n) is 7.87. The predicted molar refractivity (Wildman–Crippen MR) is 82.1 cm³/mol. The highest BCUT2D eigenvalue weighted by molar-refractivity contribution is 5.68. The molecule has 5 nitrogen and oxygen atoms in total. The standard InChI is InChI=1S/C16H27N3O2/c1-5-14-17-8-11-19(14)12-13-6-9-18(10-7-13)15(20)21-16(2,3)4/h8,11,13H,5-7,9-10,12H2,1-4H3. The number of amides is 1. The third-order valence-corrected chi connectivity index (χ3v) is 3.84. The molecule has 2 heterocycles. The monoisotopic (exact) mass is 293 g/mol. The molecule has 1 saturated heterocycles. The van der Waals surface area contributed by atoms with Gasteiger partial charge in [0.25, 0.3) is 0 Å². The van der Waals surface area contributed by atoms with E-state index in [4.69, 9.17) is 4.74 Å². The van der Waals surface area contributed by atoms with Crippen LogP contribution in [0.1, 0.15) is 46.4 Å². The number of piperidine rings is 1. The van der Waals surface area contributed by atoms with E-state index in [0.29, 0.717) is 5.92 Å². The zero-order chi connectivity index (χ0) is 15.5. The molecule has 0 atom stereocenters. The van der Waals surface area contributed by atoms with Crippen LogP contribution in [-0.2, 0) is 17.7 Å². The summed E-state index contributed by atoms with van der Waals surface area (Å²) in [6, 6.07) is 0. The van der Waals surface area contributed by atoms with E-state index in [1.54, 1.807) is 0 Å². The maximum atomic E-state index is 12.0. The summed E-state index contributed by atoms with van der Waals surface area (Å²) in [6.07, 6.45) is 6.76. The van der Waals surface area contributed by atoms with Gasteiger partial charge in [-0.25, -0.2) is 9.78 Å². The molecular formula is C16H27N3O2. The number of nitrogens with zero attached hydrogens (tertiary/aromatic N) is 3. The van der Waals surface area contributed by atoms with E-state index in [1.807, 2.05) is 31.9 Å². The molecule has 1 aromatic heterocycles. The minimum absolute atomic E-state index is 0.183. The Morgan fingerprint density at radius 1 is 1.38 bits per heavy atom. The summed E-state index contributed by atoms with van der Waals surface area (Å²) in [7, 11) is 0. The van der Waals surface area contributed by atoms with Crippen molar-refractivity contribution in [2.24, 2.45) is 5.92 Å². The van der Waals surface area contributed by atoms with Crippen molar-refractivity contribution >= 4 is 6.09 Å². The van der Waals surface area contributed by atoms with Crippen LogP contribution in [-0.4, -0.2) is 39.2 Å². The SMILES string of the molecule is CCc1nccn1CC1CCN(C(=O)OC(C)(C)C)CC1. The van der Waals surface area contributed by atoms with E-state index in [2.05, 4.69) is 22.7 Å². The molecule has 2 rings (SSSR count). The minimum atomic E-state index is -0.416. The van der Waals surface area contributed by atoms with Crippen LogP contribution in [0.4, 0.5) is 4.79 Å². The summed E-state index contributed by atoms with van der Waals surface area (Å²) in [5.74, 6) is 1.76. The van der Waals surface area contributed by atoms with Gasteiger partial charge in [-0.1, -0.05) is 6.92 Å². The number of imidazole rings is 1. The average Bonchev–Trinajstić information content (AvgIpc) is 2.85. The van der Waals surface area contributed by atoms with Crippen LogP contribution in [0.5, 0.6) is 0 Å². The summed E-state index contributed by atoms with van der Waals surface area (Å²) in [5.41, 5.74) is -0.416. The molecule has 0 saturated carbocycles. The minimum Gasteiger partial charge on any atom is -0.444 e. The van der Waals surface area contributed by atoms with E-state index in [0.717, 1.165) is 44.7 Å². The number of aromatic nitrogens is 2. The zero-order valence-electron chi connectivity index (χ0n) is 13.6. The summed E-state index contributed by atoms with van der Waals surface area (Å²) >= 11 is 0. The molecule has 0 bridgehead atoms. The van der Waals surface area contributed by atoms with Gasteiger partial charge in [0.15, 0.2) is 0 Å². The van der Waals surface area contributed by atoms with Crippen LogP contribution in [0.25, 0.3) is 0 Å². The Labute approximate surface area is 127 Å². The summed E-state index contributed by atoms with van der Waals surface area (Å²) in [6.45, 7) is 10.4. The van der Waals surface area contributed by atoms with Gasteiger partial charge in [0.05, 0.1) is 0 Å². The van der Waals surface area contributed by atoms with Gasteiger partial charge in [0.2, 0.25) is 0 Å². The zero-order valence-corrected chi connectivity index (χ0v) is 13.6. The van der Waals surface area contributed by atoms with Crippen molar-refractivity contribution in [1.82, 2.24) is 14.5 Å². The summed E-state index contributed by atoms with van der Waals surface area (Å²) < 4.78 is 7.67. The first kappa shape index (κ1) is 15.9. The largest absolute Gasteiger partial charge is 0.444 e. The smallest absolute Gasteiger partial charge is 0.410 e. The second-order valence-corrected chi connectivity index (χ2v) is 6.76. The molecule has 118 valence electrons. The Morgan fingerprint density at radius 3 is 2.62 bits per heavy atom. The number of hydrogen-bond donors (Lipinski definition) is 0. The highest BCUT2D eigenvalue weighted by atomic mass is 16.6. The predicted octanol–water partition coefficient (Wildman–Crippen LogP) is 3.09. The molecule has 0 radical (unpaired) electrons. The first-order valence-corrected chi connectivity index (χ1v) is 7.87. The van der Waals surface area contributed by atoms with Gasteiger partial charge in [-0.3, -0.25) is 0 Å². The molecule has 1 fully saturated rings. The lowest BCUT2D eigenvalue weighted by Gasteiger charge is -2.33. The number of rotatable bonds is 3. The van der Waals surface area contributed by atoms with Crippen LogP contribution < -0.4 is 0 Å². The lowest BCUT2D eigenvalue weighted by Crippen LogP contribution is -2.42. The molecule has 0 N–H and O–H groups in total. The Hall–Kier alpha value is -1.52. The Balaban J connectivity index is 1.82. The molecule has 21 heavy (non-hydrogen) atoms. The molecule has 0 aromatic carbocycles. The van der Waals surface area contributed by atoms with Crippen LogP contribution in [0, 0.1) is 5.92 Å². The van der Waals surface area contributed by atoms with Crippen LogP contribution >= 0.6 is 0 Å². The van der Waals surface area contributed by atoms with Gasteiger partial charge in [-0.2, -0.15) is 0 Å². The van der Waals surface area contributed by atoms with E-state index < -0.39 is 5.60 Å². The number of ether oxygens (including phenoxy) is 1. The molecule has 0 aliphatic carbocycles. The summed E-state index contributed by atoms with van der Waals surface area (Å²) in [5, 5.41) is 0. The number of carbonyl (C=O) groups is 1. The lowest BCUT2D eigenvalue weighted by atomic mass is 9.97. The molecule has 1 aromatic rings. The first-order chi connectivity index (χ1) is 9.89. The van der Waals surface area contributed by atoms with Crippen molar-refractivity contribution < 1.29 is 9.53 Å². The van der Waals surface area contributed by atoms with E-state index >= 15 is 0 Å². The van der Waals surface area contributed by atoms with Crippen LogP contribution in [0.15, 0.2) is 12.4 Å².